The largest absolute Gasteiger partial charge is 0.486 e. The normalized spacial score (nSPS) is 27.1. The Balaban J connectivity index is 1.87. The number of β-amino-alcohol motifs (C(OH)–C–C–N with tert-alkyl or cyclic N) is 1. The lowest BCUT2D eigenvalue weighted by Gasteiger charge is -2.25. The molecule has 0 aromatic heterocycles. The molecule has 1 fully saturated rings. The fourth-order valence-electron chi connectivity index (χ4n) is 2.51. The molecule has 0 aliphatic carbocycles. The third kappa shape index (κ3) is 2.10. The van der Waals surface area contributed by atoms with Gasteiger partial charge in [0.15, 0.2) is 11.5 Å². The summed E-state index contributed by atoms with van der Waals surface area (Å²) in [5, 5.41) is 13.6. The zero-order valence-electron chi connectivity index (χ0n) is 9.74. The minimum absolute atomic E-state index is 0.584. The summed E-state index contributed by atoms with van der Waals surface area (Å²) < 4.78 is 11.2. The number of benzene rings is 1. The standard InChI is InChI=1S/C13H17NO3/c15-13(4-5-14-9-13)8-10-2-1-3-11-12(10)17-7-6-16-11/h1-3,14-15H,4-9H2. The maximum atomic E-state index is 10.4. The molecule has 2 aliphatic rings. The van der Waals surface area contributed by atoms with E-state index in [-0.39, 0.29) is 0 Å². The van der Waals surface area contributed by atoms with Crippen molar-refractivity contribution in [2.24, 2.45) is 0 Å². The molecular weight excluding hydrogens is 218 g/mol. The molecule has 4 heteroatoms. The molecule has 1 saturated heterocycles. The molecule has 0 saturated carbocycles. The van der Waals surface area contributed by atoms with E-state index < -0.39 is 5.60 Å². The first-order valence-corrected chi connectivity index (χ1v) is 6.07. The van der Waals surface area contributed by atoms with Crippen molar-refractivity contribution in [2.45, 2.75) is 18.4 Å². The summed E-state index contributed by atoms with van der Waals surface area (Å²) in [6, 6.07) is 5.87. The lowest BCUT2D eigenvalue weighted by molar-refractivity contribution is 0.0602. The minimum Gasteiger partial charge on any atom is -0.486 e. The van der Waals surface area contributed by atoms with Crippen LogP contribution in [0.2, 0.25) is 0 Å². The van der Waals surface area contributed by atoms with Crippen LogP contribution in [0.3, 0.4) is 0 Å². The van der Waals surface area contributed by atoms with Crippen molar-refractivity contribution < 1.29 is 14.6 Å². The average Bonchev–Trinajstić information content (AvgIpc) is 2.76. The van der Waals surface area contributed by atoms with Crippen molar-refractivity contribution in [3.8, 4) is 11.5 Å². The number of nitrogens with one attached hydrogen (secondary N) is 1. The van der Waals surface area contributed by atoms with E-state index in [1.165, 1.54) is 0 Å². The number of hydrogen-bond acceptors (Lipinski definition) is 4. The van der Waals surface area contributed by atoms with Crippen LogP contribution in [-0.2, 0) is 6.42 Å². The van der Waals surface area contributed by atoms with Gasteiger partial charge in [0.2, 0.25) is 0 Å². The first-order chi connectivity index (χ1) is 8.27. The van der Waals surface area contributed by atoms with Gasteiger partial charge in [0.25, 0.3) is 0 Å². The molecule has 2 heterocycles. The Bertz CT molecular complexity index is 413. The molecule has 1 aromatic carbocycles. The Morgan fingerprint density at radius 3 is 3.00 bits per heavy atom. The molecule has 0 bridgehead atoms. The van der Waals surface area contributed by atoms with E-state index >= 15 is 0 Å². The summed E-state index contributed by atoms with van der Waals surface area (Å²) in [7, 11) is 0. The Hall–Kier alpha value is -1.26. The van der Waals surface area contributed by atoms with Gasteiger partial charge < -0.3 is 19.9 Å². The SMILES string of the molecule is OC1(Cc2cccc3c2OCCO3)CCNC1. The first-order valence-electron chi connectivity index (χ1n) is 6.07. The van der Waals surface area contributed by atoms with E-state index in [9.17, 15) is 5.11 Å². The van der Waals surface area contributed by atoms with Gasteiger partial charge in [0.1, 0.15) is 13.2 Å². The van der Waals surface area contributed by atoms with Crippen LogP contribution < -0.4 is 14.8 Å². The molecule has 3 rings (SSSR count). The molecule has 0 radical (unpaired) electrons. The van der Waals surface area contributed by atoms with Crippen molar-refractivity contribution in [1.29, 1.82) is 0 Å². The molecule has 1 unspecified atom stereocenters. The molecule has 0 spiro atoms. The zero-order valence-corrected chi connectivity index (χ0v) is 9.74. The predicted octanol–water partition coefficient (Wildman–Crippen LogP) is 0.725. The second kappa shape index (κ2) is 4.20. The maximum absolute atomic E-state index is 10.4. The molecular formula is C13H17NO3. The van der Waals surface area contributed by atoms with Crippen molar-refractivity contribution in [2.75, 3.05) is 26.3 Å². The summed E-state index contributed by atoms with van der Waals surface area (Å²) in [5.41, 5.74) is 0.393. The van der Waals surface area contributed by atoms with Crippen molar-refractivity contribution >= 4 is 0 Å². The summed E-state index contributed by atoms with van der Waals surface area (Å²) in [6.45, 7) is 2.71. The molecule has 2 N–H and O–H groups in total. The van der Waals surface area contributed by atoms with Crippen LogP contribution in [0.4, 0.5) is 0 Å². The van der Waals surface area contributed by atoms with Crippen LogP contribution >= 0.6 is 0 Å². The molecule has 2 aliphatic heterocycles. The van der Waals surface area contributed by atoms with Gasteiger partial charge in [0, 0.05) is 18.5 Å². The highest BCUT2D eigenvalue weighted by Crippen LogP contribution is 2.36. The van der Waals surface area contributed by atoms with Gasteiger partial charge in [-0.1, -0.05) is 12.1 Å². The number of hydrogen-bond donors (Lipinski definition) is 2. The third-order valence-electron chi connectivity index (χ3n) is 3.39. The molecule has 1 aromatic rings. The lowest BCUT2D eigenvalue weighted by Crippen LogP contribution is -2.34. The van der Waals surface area contributed by atoms with Crippen LogP contribution in [0.15, 0.2) is 18.2 Å². The van der Waals surface area contributed by atoms with Crippen molar-refractivity contribution in [3.05, 3.63) is 23.8 Å². The zero-order chi connectivity index (χ0) is 11.7. The third-order valence-corrected chi connectivity index (χ3v) is 3.39. The topological polar surface area (TPSA) is 50.7 Å². The number of ether oxygens (including phenoxy) is 2. The van der Waals surface area contributed by atoms with Crippen molar-refractivity contribution in [1.82, 2.24) is 5.32 Å². The highest BCUT2D eigenvalue weighted by Gasteiger charge is 2.32. The summed E-state index contributed by atoms with van der Waals surface area (Å²) in [5.74, 6) is 1.60. The highest BCUT2D eigenvalue weighted by atomic mass is 16.6. The second-order valence-electron chi connectivity index (χ2n) is 4.77. The van der Waals surface area contributed by atoms with Gasteiger partial charge in [0.05, 0.1) is 5.60 Å². The first kappa shape index (κ1) is 10.9. The van der Waals surface area contributed by atoms with Gasteiger partial charge in [-0.3, -0.25) is 0 Å². The number of rotatable bonds is 2. The van der Waals surface area contributed by atoms with Gasteiger partial charge in [-0.15, -0.1) is 0 Å². The van der Waals surface area contributed by atoms with Gasteiger partial charge in [-0.05, 0) is 19.0 Å². The van der Waals surface area contributed by atoms with E-state index in [4.69, 9.17) is 9.47 Å². The van der Waals surface area contributed by atoms with Gasteiger partial charge >= 0.3 is 0 Å². The molecule has 4 nitrogen and oxygen atoms in total. The number of aliphatic hydroxyl groups is 1. The number of fused-ring (bicyclic) bond motifs is 1. The smallest absolute Gasteiger partial charge is 0.164 e. The van der Waals surface area contributed by atoms with Crippen LogP contribution in [0, 0.1) is 0 Å². The van der Waals surface area contributed by atoms with Gasteiger partial charge in [-0.25, -0.2) is 0 Å². The van der Waals surface area contributed by atoms with Crippen LogP contribution in [0.1, 0.15) is 12.0 Å². The van der Waals surface area contributed by atoms with Crippen LogP contribution in [0.5, 0.6) is 11.5 Å². The van der Waals surface area contributed by atoms with Gasteiger partial charge in [-0.2, -0.15) is 0 Å². The molecule has 0 amide bonds. The van der Waals surface area contributed by atoms with Crippen LogP contribution in [-0.4, -0.2) is 37.0 Å². The Labute approximate surface area is 101 Å². The minimum atomic E-state index is -0.643. The second-order valence-corrected chi connectivity index (χ2v) is 4.77. The Morgan fingerprint density at radius 1 is 1.29 bits per heavy atom. The molecule has 92 valence electrons. The van der Waals surface area contributed by atoms with E-state index in [1.807, 2.05) is 18.2 Å². The maximum Gasteiger partial charge on any atom is 0.164 e. The predicted molar refractivity (Wildman–Crippen MR) is 63.6 cm³/mol. The van der Waals surface area contributed by atoms with E-state index in [0.717, 1.165) is 30.0 Å². The Kier molecular flexibility index (Phi) is 2.68. The van der Waals surface area contributed by atoms with E-state index in [0.29, 0.717) is 26.2 Å². The van der Waals surface area contributed by atoms with Crippen molar-refractivity contribution in [3.63, 3.8) is 0 Å². The van der Waals surface area contributed by atoms with E-state index in [2.05, 4.69) is 5.32 Å². The monoisotopic (exact) mass is 235 g/mol. The van der Waals surface area contributed by atoms with Crippen LogP contribution in [0.25, 0.3) is 0 Å². The number of para-hydroxylation sites is 1. The van der Waals surface area contributed by atoms with E-state index in [1.54, 1.807) is 0 Å². The average molecular weight is 235 g/mol. The summed E-state index contributed by atoms with van der Waals surface area (Å²) in [4.78, 5) is 0. The quantitative estimate of drug-likeness (QED) is 0.793. The summed E-state index contributed by atoms with van der Waals surface area (Å²) in [6.07, 6.45) is 1.41. The highest BCUT2D eigenvalue weighted by molar-refractivity contribution is 5.48. The molecule has 1 atom stereocenters. The summed E-state index contributed by atoms with van der Waals surface area (Å²) >= 11 is 0. The molecule has 17 heavy (non-hydrogen) atoms. The fourth-order valence-corrected chi connectivity index (χ4v) is 2.51. The fraction of sp³-hybridized carbons (Fsp3) is 0.538. The Morgan fingerprint density at radius 2 is 2.18 bits per heavy atom. The lowest BCUT2D eigenvalue weighted by atomic mass is 9.93.